The minimum Gasteiger partial charge on any atom is -0.349 e. The minimum absolute atomic E-state index is 0.173. The first-order valence-electron chi connectivity index (χ1n) is 5.39. The summed E-state index contributed by atoms with van der Waals surface area (Å²) in [5.41, 5.74) is -1.29. The van der Waals surface area contributed by atoms with E-state index < -0.39 is 28.2 Å². The standard InChI is InChI=1S/C12H11F3N2OS/c1-19(18)11-16-9(8-5-3-2-4-6-8)7-10(17-11)12(13,14)15/h2-7,11,17H,1H3. The van der Waals surface area contributed by atoms with Gasteiger partial charge in [0.2, 0.25) is 0 Å². The van der Waals surface area contributed by atoms with Crippen molar-refractivity contribution in [1.82, 2.24) is 5.32 Å². The molecule has 1 aromatic rings. The number of halogens is 3. The lowest BCUT2D eigenvalue weighted by Crippen LogP contribution is -2.40. The monoisotopic (exact) mass is 288 g/mol. The summed E-state index contributed by atoms with van der Waals surface area (Å²) < 4.78 is 49.7. The molecule has 0 aromatic heterocycles. The molecule has 2 unspecified atom stereocenters. The minimum atomic E-state index is -4.52. The van der Waals surface area contributed by atoms with E-state index in [1.807, 2.05) is 0 Å². The highest BCUT2D eigenvalue weighted by Gasteiger charge is 2.37. The Hall–Kier alpha value is -1.63. The van der Waals surface area contributed by atoms with Crippen LogP contribution in [-0.4, -0.2) is 27.9 Å². The first kappa shape index (κ1) is 13.8. The molecule has 0 radical (unpaired) electrons. The van der Waals surface area contributed by atoms with Crippen LogP contribution in [-0.2, 0) is 10.8 Å². The van der Waals surface area contributed by atoms with E-state index in [-0.39, 0.29) is 5.71 Å². The summed E-state index contributed by atoms with van der Waals surface area (Å²) >= 11 is 0. The normalized spacial score (nSPS) is 21.2. The summed E-state index contributed by atoms with van der Waals surface area (Å²) in [6, 6.07) is 8.49. The average molecular weight is 288 g/mol. The Morgan fingerprint density at radius 1 is 1.26 bits per heavy atom. The molecule has 2 atom stereocenters. The number of alkyl halides is 3. The molecule has 1 aliphatic rings. The second-order valence-electron chi connectivity index (χ2n) is 3.93. The fourth-order valence-corrected chi connectivity index (χ4v) is 2.15. The number of aliphatic imine (C=N–C) groups is 1. The topological polar surface area (TPSA) is 41.5 Å². The zero-order chi connectivity index (χ0) is 14.0. The third kappa shape index (κ3) is 3.23. The highest BCUT2D eigenvalue weighted by molar-refractivity contribution is 7.84. The molecule has 7 heteroatoms. The number of nitrogens with zero attached hydrogens (tertiary/aromatic N) is 1. The summed E-state index contributed by atoms with van der Waals surface area (Å²) in [6.07, 6.45) is -2.28. The van der Waals surface area contributed by atoms with Crippen molar-refractivity contribution in [2.75, 3.05) is 6.26 Å². The molecule has 0 fully saturated rings. The van der Waals surface area contributed by atoms with Crippen molar-refractivity contribution in [3.05, 3.63) is 47.7 Å². The van der Waals surface area contributed by atoms with E-state index in [0.29, 0.717) is 5.56 Å². The number of benzene rings is 1. The molecular weight excluding hydrogens is 277 g/mol. The Bertz CT molecular complexity index is 552. The van der Waals surface area contributed by atoms with Crippen LogP contribution in [0.15, 0.2) is 47.1 Å². The summed E-state index contributed by atoms with van der Waals surface area (Å²) in [4.78, 5) is 4.04. The van der Waals surface area contributed by atoms with Gasteiger partial charge in [-0.1, -0.05) is 30.3 Å². The first-order chi connectivity index (χ1) is 8.88. The van der Waals surface area contributed by atoms with Crippen LogP contribution in [0.3, 0.4) is 0 Å². The third-order valence-corrected chi connectivity index (χ3v) is 3.36. The Labute approximate surface area is 110 Å². The quantitative estimate of drug-likeness (QED) is 0.906. The van der Waals surface area contributed by atoms with Crippen LogP contribution >= 0.6 is 0 Å². The second kappa shape index (κ2) is 5.16. The molecule has 2 rings (SSSR count). The van der Waals surface area contributed by atoms with E-state index in [4.69, 9.17) is 0 Å². The fourth-order valence-electron chi connectivity index (χ4n) is 1.59. The van der Waals surface area contributed by atoms with Gasteiger partial charge in [0, 0.05) is 6.26 Å². The Kier molecular flexibility index (Phi) is 3.75. The molecule has 3 nitrogen and oxygen atoms in total. The Balaban J connectivity index is 2.44. The molecule has 19 heavy (non-hydrogen) atoms. The molecule has 1 aromatic carbocycles. The lowest BCUT2D eigenvalue weighted by atomic mass is 10.1. The van der Waals surface area contributed by atoms with Crippen LogP contribution in [0.25, 0.3) is 0 Å². The number of hydrogen-bond donors (Lipinski definition) is 1. The van der Waals surface area contributed by atoms with Gasteiger partial charge in [-0.3, -0.25) is 4.21 Å². The molecule has 0 aliphatic carbocycles. The molecule has 102 valence electrons. The molecule has 1 N–H and O–H groups in total. The van der Waals surface area contributed by atoms with Crippen LogP contribution < -0.4 is 5.32 Å². The van der Waals surface area contributed by atoms with Gasteiger partial charge in [0.25, 0.3) is 0 Å². The summed E-state index contributed by atoms with van der Waals surface area (Å²) in [6.45, 7) is 0. The first-order valence-corrected chi connectivity index (χ1v) is 7.01. The van der Waals surface area contributed by atoms with Gasteiger partial charge in [-0.15, -0.1) is 0 Å². The summed E-state index contributed by atoms with van der Waals surface area (Å²) in [5, 5.41) is 2.14. The molecule has 0 spiro atoms. The highest BCUT2D eigenvalue weighted by atomic mass is 32.2. The van der Waals surface area contributed by atoms with Crippen LogP contribution in [0.1, 0.15) is 5.56 Å². The molecule has 0 bridgehead atoms. The van der Waals surface area contributed by atoms with E-state index in [9.17, 15) is 17.4 Å². The Morgan fingerprint density at radius 2 is 1.89 bits per heavy atom. The lowest BCUT2D eigenvalue weighted by Gasteiger charge is -2.23. The van der Waals surface area contributed by atoms with Crippen LogP contribution in [0.2, 0.25) is 0 Å². The maximum Gasteiger partial charge on any atom is 0.431 e. The SMILES string of the molecule is CS(=O)C1N=C(c2ccccc2)C=C(C(F)(F)F)N1. The van der Waals surface area contributed by atoms with Crippen LogP contribution in [0.4, 0.5) is 13.2 Å². The maximum absolute atomic E-state index is 12.8. The summed E-state index contributed by atoms with van der Waals surface area (Å²) in [5.74, 6) is 0. The highest BCUT2D eigenvalue weighted by Crippen LogP contribution is 2.27. The van der Waals surface area contributed by atoms with Gasteiger partial charge in [0.05, 0.1) is 16.5 Å². The molecule has 1 aliphatic heterocycles. The fraction of sp³-hybridized carbons (Fsp3) is 0.250. The number of allylic oxidation sites excluding steroid dienone is 2. The van der Waals surface area contributed by atoms with Crippen LogP contribution in [0.5, 0.6) is 0 Å². The lowest BCUT2D eigenvalue weighted by molar-refractivity contribution is -0.0970. The number of hydrogen-bond acceptors (Lipinski definition) is 3. The van der Waals surface area contributed by atoms with Gasteiger partial charge in [-0.05, 0) is 11.6 Å². The van der Waals surface area contributed by atoms with E-state index in [2.05, 4.69) is 10.3 Å². The van der Waals surface area contributed by atoms with E-state index in [0.717, 1.165) is 6.08 Å². The molecular formula is C12H11F3N2OS. The van der Waals surface area contributed by atoms with Crippen molar-refractivity contribution in [3.8, 4) is 0 Å². The molecule has 0 saturated heterocycles. The average Bonchev–Trinajstić information content (AvgIpc) is 2.38. The molecule has 1 heterocycles. The van der Waals surface area contributed by atoms with Gasteiger partial charge in [-0.2, -0.15) is 13.2 Å². The third-order valence-electron chi connectivity index (χ3n) is 2.51. The zero-order valence-electron chi connectivity index (χ0n) is 9.94. The molecule has 0 saturated carbocycles. The van der Waals surface area contributed by atoms with Crippen molar-refractivity contribution < 1.29 is 17.4 Å². The van der Waals surface area contributed by atoms with Crippen molar-refractivity contribution in [2.45, 2.75) is 11.7 Å². The Morgan fingerprint density at radius 3 is 2.42 bits per heavy atom. The number of rotatable bonds is 2. The second-order valence-corrected chi connectivity index (χ2v) is 5.38. The zero-order valence-corrected chi connectivity index (χ0v) is 10.8. The van der Waals surface area contributed by atoms with Gasteiger partial charge in [-0.25, -0.2) is 4.99 Å². The van der Waals surface area contributed by atoms with Gasteiger partial charge in [0.15, 0.2) is 5.50 Å². The van der Waals surface area contributed by atoms with Crippen molar-refractivity contribution >= 4 is 16.5 Å². The van der Waals surface area contributed by atoms with E-state index in [1.54, 1.807) is 30.3 Å². The van der Waals surface area contributed by atoms with E-state index in [1.165, 1.54) is 6.26 Å². The van der Waals surface area contributed by atoms with Gasteiger partial charge < -0.3 is 5.32 Å². The predicted molar refractivity (Wildman–Crippen MR) is 68.1 cm³/mol. The largest absolute Gasteiger partial charge is 0.431 e. The van der Waals surface area contributed by atoms with Gasteiger partial charge in [0.1, 0.15) is 5.70 Å². The summed E-state index contributed by atoms with van der Waals surface area (Å²) in [7, 11) is -1.54. The number of nitrogens with one attached hydrogen (secondary N) is 1. The predicted octanol–water partition coefficient (Wildman–Crippen LogP) is 2.19. The van der Waals surface area contributed by atoms with Crippen molar-refractivity contribution in [3.63, 3.8) is 0 Å². The van der Waals surface area contributed by atoms with E-state index >= 15 is 0 Å². The molecule has 0 amide bonds. The van der Waals surface area contributed by atoms with Gasteiger partial charge >= 0.3 is 6.18 Å². The maximum atomic E-state index is 12.8. The smallest absolute Gasteiger partial charge is 0.349 e. The van der Waals surface area contributed by atoms with Crippen molar-refractivity contribution in [1.29, 1.82) is 0 Å². The van der Waals surface area contributed by atoms with Crippen molar-refractivity contribution in [2.24, 2.45) is 4.99 Å². The van der Waals surface area contributed by atoms with Crippen LogP contribution in [0, 0.1) is 0 Å².